The fourth-order valence-corrected chi connectivity index (χ4v) is 3.69. The van der Waals surface area contributed by atoms with Gasteiger partial charge in [0.25, 0.3) is 0 Å². The van der Waals surface area contributed by atoms with Gasteiger partial charge in [-0.3, -0.25) is 0 Å². The molecular weight excluding hydrogens is 330 g/mol. The molecule has 0 aliphatic carbocycles. The molecule has 1 aliphatic rings. The maximum absolute atomic E-state index is 6.19. The second kappa shape index (κ2) is 6.41. The number of fused-ring (bicyclic) bond motifs is 2. The Morgan fingerprint density at radius 1 is 1.08 bits per heavy atom. The number of pyridine rings is 1. The van der Waals surface area contributed by atoms with E-state index in [2.05, 4.69) is 71.1 Å². The Morgan fingerprint density at radius 3 is 2.72 bits per heavy atom. The van der Waals surface area contributed by atoms with Gasteiger partial charge in [-0.25, -0.2) is 0 Å². The second-order valence-electron chi connectivity index (χ2n) is 6.12. The van der Waals surface area contributed by atoms with Gasteiger partial charge in [0.05, 0.1) is 17.5 Å². The average molecular weight is 351 g/mol. The zero-order chi connectivity index (χ0) is 17.4. The standard InChI is InChI=1S/C21H20ClN3/c1-3-24-17(11-9-15-7-5-6-8-19(15)24)14-21-23-18-12-10-16(22)13-20(18)25(21)4-2/h5-14H,3-4H2,1-2H3/p+1. The number of hydrogen-bond acceptors (Lipinski definition) is 2. The normalized spacial score (nSPS) is 14.8. The Hall–Kier alpha value is -2.52. The molecule has 0 bridgehead atoms. The quantitative estimate of drug-likeness (QED) is 0.666. The highest BCUT2D eigenvalue weighted by Gasteiger charge is 2.24. The zero-order valence-corrected chi connectivity index (χ0v) is 15.2. The van der Waals surface area contributed by atoms with E-state index in [9.17, 15) is 0 Å². The molecule has 4 rings (SSSR count). The minimum Gasteiger partial charge on any atom is -0.340 e. The molecule has 2 heterocycles. The van der Waals surface area contributed by atoms with Gasteiger partial charge in [0.15, 0.2) is 0 Å². The lowest BCUT2D eigenvalue weighted by Gasteiger charge is -2.17. The molecule has 0 saturated carbocycles. The summed E-state index contributed by atoms with van der Waals surface area (Å²) < 4.78 is 2.34. The van der Waals surface area contributed by atoms with Crippen LogP contribution in [0.15, 0.2) is 60.4 Å². The molecule has 126 valence electrons. The Labute approximate surface area is 153 Å². The molecule has 3 aromatic rings. The van der Waals surface area contributed by atoms with Gasteiger partial charge in [0.2, 0.25) is 11.2 Å². The van der Waals surface area contributed by atoms with Crippen LogP contribution in [0.3, 0.4) is 0 Å². The topological polar surface area (TPSA) is 19.1 Å². The lowest BCUT2D eigenvalue weighted by molar-refractivity contribution is -0.669. The number of aromatic nitrogens is 1. The van der Waals surface area contributed by atoms with E-state index in [0.29, 0.717) is 0 Å². The number of benzene rings is 2. The van der Waals surface area contributed by atoms with Gasteiger partial charge in [-0.2, -0.15) is 4.57 Å². The van der Waals surface area contributed by atoms with Crippen LogP contribution in [0.25, 0.3) is 17.0 Å². The Balaban J connectivity index is 1.82. The number of para-hydroxylation sites is 1. The SMILES string of the molecule is CCN1/C(=C/c2ccc3ccccc3[n+]2CC)Nc2ccc(Cl)cc21. The fraction of sp³-hybridized carbons (Fsp3) is 0.190. The van der Waals surface area contributed by atoms with E-state index in [0.717, 1.165) is 35.3 Å². The summed E-state index contributed by atoms with van der Waals surface area (Å²) in [6.45, 7) is 6.14. The molecular formula is C21H21ClN3+. The number of nitrogens with one attached hydrogen (secondary N) is 1. The van der Waals surface area contributed by atoms with Crippen LogP contribution in [0.1, 0.15) is 19.5 Å². The van der Waals surface area contributed by atoms with Crippen LogP contribution in [-0.2, 0) is 6.54 Å². The summed E-state index contributed by atoms with van der Waals surface area (Å²) in [4.78, 5) is 2.26. The second-order valence-corrected chi connectivity index (χ2v) is 6.56. The molecule has 0 atom stereocenters. The largest absolute Gasteiger partial charge is 0.340 e. The summed E-state index contributed by atoms with van der Waals surface area (Å²) in [7, 11) is 0. The molecule has 0 fully saturated rings. The van der Waals surface area contributed by atoms with Crippen molar-refractivity contribution in [1.29, 1.82) is 0 Å². The number of aryl methyl sites for hydroxylation is 1. The van der Waals surface area contributed by atoms with E-state index in [-0.39, 0.29) is 0 Å². The van der Waals surface area contributed by atoms with Gasteiger partial charge < -0.3 is 10.2 Å². The predicted molar refractivity (Wildman–Crippen MR) is 106 cm³/mol. The van der Waals surface area contributed by atoms with Gasteiger partial charge in [-0.1, -0.05) is 23.7 Å². The van der Waals surface area contributed by atoms with Gasteiger partial charge in [-0.15, -0.1) is 0 Å². The first-order valence-electron chi connectivity index (χ1n) is 8.68. The Bertz CT molecular complexity index is 978. The van der Waals surface area contributed by atoms with Crippen molar-refractivity contribution in [3.05, 3.63) is 71.1 Å². The molecule has 1 aromatic heterocycles. The van der Waals surface area contributed by atoms with Crippen LogP contribution < -0.4 is 14.8 Å². The van der Waals surface area contributed by atoms with E-state index < -0.39 is 0 Å². The van der Waals surface area contributed by atoms with E-state index in [4.69, 9.17) is 11.6 Å². The molecule has 1 N–H and O–H groups in total. The third kappa shape index (κ3) is 2.75. The number of rotatable bonds is 3. The molecule has 3 nitrogen and oxygen atoms in total. The molecule has 0 radical (unpaired) electrons. The van der Waals surface area contributed by atoms with Crippen molar-refractivity contribution < 1.29 is 4.57 Å². The van der Waals surface area contributed by atoms with Gasteiger partial charge in [0.1, 0.15) is 12.4 Å². The van der Waals surface area contributed by atoms with Crippen molar-refractivity contribution in [3.63, 3.8) is 0 Å². The average Bonchev–Trinajstić information content (AvgIpc) is 2.97. The molecule has 1 aliphatic heterocycles. The first kappa shape index (κ1) is 16.0. The summed E-state index contributed by atoms with van der Waals surface area (Å²) >= 11 is 6.19. The Morgan fingerprint density at radius 2 is 1.92 bits per heavy atom. The predicted octanol–water partition coefficient (Wildman–Crippen LogP) is 5.05. The zero-order valence-electron chi connectivity index (χ0n) is 14.5. The molecule has 2 aromatic carbocycles. The van der Waals surface area contributed by atoms with Crippen LogP contribution >= 0.6 is 11.6 Å². The van der Waals surface area contributed by atoms with Crippen molar-refractivity contribution in [1.82, 2.24) is 0 Å². The van der Waals surface area contributed by atoms with Gasteiger partial charge >= 0.3 is 0 Å². The van der Waals surface area contributed by atoms with Crippen LogP contribution in [0.4, 0.5) is 11.4 Å². The molecule has 25 heavy (non-hydrogen) atoms. The molecule has 0 amide bonds. The molecule has 4 heteroatoms. The number of nitrogens with zero attached hydrogens (tertiary/aromatic N) is 2. The van der Waals surface area contributed by atoms with Crippen molar-refractivity contribution in [3.8, 4) is 0 Å². The maximum atomic E-state index is 6.19. The third-order valence-corrected chi connectivity index (χ3v) is 4.93. The van der Waals surface area contributed by atoms with Crippen molar-refractivity contribution >= 4 is 40.0 Å². The lowest BCUT2D eigenvalue weighted by atomic mass is 10.2. The van der Waals surface area contributed by atoms with E-state index >= 15 is 0 Å². The van der Waals surface area contributed by atoms with Crippen LogP contribution in [0, 0.1) is 0 Å². The number of halogens is 1. The number of hydrogen-bond donors (Lipinski definition) is 1. The highest BCUT2D eigenvalue weighted by Crippen LogP contribution is 2.38. The summed E-state index contributed by atoms with van der Waals surface area (Å²) in [5.74, 6) is 1.08. The highest BCUT2D eigenvalue weighted by atomic mass is 35.5. The van der Waals surface area contributed by atoms with Crippen LogP contribution in [-0.4, -0.2) is 6.54 Å². The first-order chi connectivity index (χ1) is 12.2. The fourth-order valence-electron chi connectivity index (χ4n) is 3.52. The van der Waals surface area contributed by atoms with Crippen LogP contribution in [0.2, 0.25) is 5.02 Å². The lowest BCUT2D eigenvalue weighted by Crippen LogP contribution is -2.37. The Kier molecular flexibility index (Phi) is 4.10. The first-order valence-corrected chi connectivity index (χ1v) is 9.06. The minimum absolute atomic E-state index is 0.759. The monoisotopic (exact) mass is 350 g/mol. The summed E-state index contributed by atoms with van der Waals surface area (Å²) in [6.07, 6.45) is 2.22. The van der Waals surface area contributed by atoms with Crippen LogP contribution in [0.5, 0.6) is 0 Å². The van der Waals surface area contributed by atoms with E-state index in [1.165, 1.54) is 16.6 Å². The molecule has 0 unspecified atom stereocenters. The van der Waals surface area contributed by atoms with Gasteiger partial charge in [-0.05, 0) is 44.2 Å². The van der Waals surface area contributed by atoms with Crippen molar-refractivity contribution in [2.45, 2.75) is 20.4 Å². The molecule has 0 spiro atoms. The summed E-state index contributed by atoms with van der Waals surface area (Å²) in [6, 6.07) is 18.9. The maximum Gasteiger partial charge on any atom is 0.212 e. The minimum atomic E-state index is 0.759. The van der Waals surface area contributed by atoms with E-state index in [1.54, 1.807) is 0 Å². The highest BCUT2D eigenvalue weighted by molar-refractivity contribution is 6.31. The van der Waals surface area contributed by atoms with Crippen molar-refractivity contribution in [2.24, 2.45) is 0 Å². The molecule has 0 saturated heterocycles. The third-order valence-electron chi connectivity index (χ3n) is 4.69. The summed E-state index contributed by atoms with van der Waals surface area (Å²) in [5.41, 5.74) is 4.66. The number of anilines is 2. The van der Waals surface area contributed by atoms with E-state index in [1.807, 2.05) is 18.2 Å². The van der Waals surface area contributed by atoms with Gasteiger partial charge in [0, 0.05) is 29.1 Å². The smallest absolute Gasteiger partial charge is 0.212 e. The van der Waals surface area contributed by atoms with Crippen molar-refractivity contribution in [2.75, 3.05) is 16.8 Å². The summed E-state index contributed by atoms with van der Waals surface area (Å²) in [5, 5.41) is 5.54.